The molecule has 2 aromatic rings. The van der Waals surface area contributed by atoms with Gasteiger partial charge in [-0.25, -0.2) is 0 Å². The van der Waals surface area contributed by atoms with E-state index in [1.807, 2.05) is 31.3 Å². The second-order valence-corrected chi connectivity index (χ2v) is 22.2. The molecule has 0 aromatic heterocycles. The largest absolute Gasteiger partial charge is 0.508 e. The van der Waals surface area contributed by atoms with E-state index in [1.165, 1.54) is 0 Å². The standard InChI is InChI=1S/C53H62N4O7S2/c1-3-4-5-8-35(49(62)36-10-9-30(2)21-45(36)60)44(59)15-13-34-40-29-66-65-28-32-25-56-51(54)37-12-11-33-38(48(32)37)22-31-24-55-42-27-57(26-39(31)42)52-41(14-16-43(33)58)53(17-6-7-18-53)19-20-63-47(23-46(34)61)50(40)64-52/h9-12,23-24,26,30,32,35-36,41,43,45,49,51-52,56,58,60-62H,3-8,13,15,17-18,21-22,25,27-29,54H2,1-2H3. The van der Waals surface area contributed by atoms with Gasteiger partial charge in [-0.3, -0.25) is 15.1 Å². The number of Topliss-reactive ketones (excluding diaryl/α,β-unsaturated/α-hetero) is 1. The zero-order valence-corrected chi connectivity index (χ0v) is 39.6. The number of unbranched alkanes of at least 4 members (excludes halogenated alkanes) is 2. The molecular formula is C53H62N4O7S2. The lowest BCUT2D eigenvalue weighted by Crippen LogP contribution is -2.47. The quantitative estimate of drug-likeness (QED) is 0.0598. The second kappa shape index (κ2) is 19.1. The number of aromatic hydroxyl groups is 1. The first-order chi connectivity index (χ1) is 32.0. The molecule has 9 aliphatic rings. The Morgan fingerprint density at radius 3 is 2.77 bits per heavy atom. The van der Waals surface area contributed by atoms with Crippen molar-refractivity contribution in [3.8, 4) is 41.1 Å². The number of hydrogen-bond acceptors (Lipinski definition) is 13. The van der Waals surface area contributed by atoms with Crippen LogP contribution in [0, 0.1) is 53.0 Å². The van der Waals surface area contributed by atoms with E-state index in [0.717, 1.165) is 95.4 Å². The van der Waals surface area contributed by atoms with E-state index in [9.17, 15) is 25.2 Å². The molecule has 66 heavy (non-hydrogen) atoms. The Hall–Kier alpha value is -4.18. The van der Waals surface area contributed by atoms with Gasteiger partial charge in [0, 0.05) is 83.8 Å². The van der Waals surface area contributed by atoms with Crippen LogP contribution in [0.2, 0.25) is 0 Å². The summed E-state index contributed by atoms with van der Waals surface area (Å²) in [6, 6.07) is 5.63. The number of nitrogens with two attached hydrogens (primary N) is 1. The number of aliphatic imine (C=N–C) groups is 1. The molecule has 1 saturated carbocycles. The molecule has 11 rings (SSSR count). The zero-order valence-electron chi connectivity index (χ0n) is 37.9. The minimum absolute atomic E-state index is 0.0107. The van der Waals surface area contributed by atoms with Gasteiger partial charge in [-0.2, -0.15) is 0 Å². The van der Waals surface area contributed by atoms with Crippen LogP contribution in [0.3, 0.4) is 0 Å². The van der Waals surface area contributed by atoms with Crippen LogP contribution in [-0.2, 0) is 23.4 Å². The fourth-order valence-electron chi connectivity index (χ4n) is 11.9. The molecule has 1 spiro atoms. The first kappa shape index (κ1) is 45.6. The van der Waals surface area contributed by atoms with Crippen LogP contribution in [0.4, 0.5) is 0 Å². The molecule has 7 heterocycles. The fourth-order valence-corrected chi connectivity index (χ4v) is 14.3. The zero-order chi connectivity index (χ0) is 45.7. The third-order valence-corrected chi connectivity index (χ3v) is 17.9. The Morgan fingerprint density at radius 1 is 1.12 bits per heavy atom. The number of phenols is 1. The van der Waals surface area contributed by atoms with E-state index in [-0.39, 0.29) is 42.4 Å². The highest BCUT2D eigenvalue weighted by Gasteiger charge is 2.49. The van der Waals surface area contributed by atoms with Crippen LogP contribution in [0.25, 0.3) is 0 Å². The Bertz CT molecular complexity index is 2510. The molecular weight excluding hydrogens is 869 g/mol. The smallest absolute Gasteiger partial charge is 0.187 e. The third-order valence-electron chi connectivity index (χ3n) is 15.5. The molecule has 2 aromatic carbocycles. The maximum Gasteiger partial charge on any atom is 0.187 e. The normalized spacial score (nSPS) is 29.8. The number of ether oxygens (including phenoxy) is 2. The molecule has 10 atom stereocenters. The topological polar surface area (TPSA) is 170 Å². The number of allylic oxidation sites excluding steroid dienone is 2. The number of aliphatic hydroxyl groups is 3. The van der Waals surface area contributed by atoms with Gasteiger partial charge in [0.05, 0.1) is 42.0 Å². The van der Waals surface area contributed by atoms with E-state index in [1.54, 1.807) is 27.7 Å². The van der Waals surface area contributed by atoms with Gasteiger partial charge in [0.25, 0.3) is 0 Å². The Balaban J connectivity index is 1.10. The molecule has 13 heteroatoms. The van der Waals surface area contributed by atoms with Gasteiger partial charge < -0.3 is 40.5 Å². The molecule has 0 radical (unpaired) electrons. The van der Waals surface area contributed by atoms with Crippen molar-refractivity contribution < 1.29 is 34.7 Å². The van der Waals surface area contributed by atoms with E-state index in [4.69, 9.17) is 20.2 Å². The van der Waals surface area contributed by atoms with Crippen LogP contribution < -0.4 is 20.5 Å². The monoisotopic (exact) mass is 930 g/mol. The molecule has 348 valence electrons. The number of carbonyl (C=O) groups is 1. The maximum absolute atomic E-state index is 14.5. The molecule has 10 unspecified atom stereocenters. The summed E-state index contributed by atoms with van der Waals surface area (Å²) in [7, 11) is 3.39. The highest BCUT2D eigenvalue weighted by molar-refractivity contribution is 8.76. The van der Waals surface area contributed by atoms with Crippen LogP contribution in [0.1, 0.15) is 130 Å². The molecule has 0 saturated heterocycles. The van der Waals surface area contributed by atoms with Crippen molar-refractivity contribution in [2.45, 2.75) is 133 Å². The summed E-state index contributed by atoms with van der Waals surface area (Å²) in [6.45, 7) is 5.31. The molecule has 2 aliphatic carbocycles. The van der Waals surface area contributed by atoms with Crippen LogP contribution in [-0.4, -0.2) is 74.1 Å². The SMILES string of the molecule is CCCCCC(C(=O)CCc1c(O)cc2c3c1CSSCC1CNC(N)c4ccc5c(c41)CC1=CN=C4CN(C=C14)C(O3)C(C#CC5O)C1(C#CO2)CCCC1)C(O)C1C=CC(C)CC1O. The number of carbonyl (C=O) groups excluding carboxylic acids is 1. The average molecular weight is 931 g/mol. The first-order valence-corrected chi connectivity index (χ1v) is 26.6. The number of benzene rings is 2. The van der Waals surface area contributed by atoms with Gasteiger partial charge >= 0.3 is 0 Å². The van der Waals surface area contributed by atoms with Crippen molar-refractivity contribution >= 4 is 33.1 Å². The van der Waals surface area contributed by atoms with Gasteiger partial charge in [0.2, 0.25) is 0 Å². The second-order valence-electron chi connectivity index (χ2n) is 19.7. The lowest BCUT2D eigenvalue weighted by Gasteiger charge is -2.40. The van der Waals surface area contributed by atoms with Crippen molar-refractivity contribution in [2.75, 3.05) is 18.8 Å². The first-order valence-electron chi connectivity index (χ1n) is 24.2. The van der Waals surface area contributed by atoms with E-state index < -0.39 is 47.7 Å². The summed E-state index contributed by atoms with van der Waals surface area (Å²) in [4.78, 5) is 21.7. The number of ketones is 1. The summed E-state index contributed by atoms with van der Waals surface area (Å²) in [5.74, 6) is 10.9. The van der Waals surface area contributed by atoms with E-state index in [2.05, 4.69) is 53.3 Å². The van der Waals surface area contributed by atoms with Crippen LogP contribution in [0.15, 0.2) is 58.9 Å². The summed E-state index contributed by atoms with van der Waals surface area (Å²) in [5.41, 5.74) is 14.6. The number of phenolic OH excluding ortho intramolecular Hbond substituents is 1. The summed E-state index contributed by atoms with van der Waals surface area (Å²) < 4.78 is 13.8. The van der Waals surface area contributed by atoms with Crippen molar-refractivity contribution in [2.24, 2.45) is 39.8 Å². The van der Waals surface area contributed by atoms with Crippen molar-refractivity contribution in [3.63, 3.8) is 0 Å². The molecule has 8 bridgehead atoms. The molecule has 7 aliphatic heterocycles. The van der Waals surface area contributed by atoms with Gasteiger partial charge in [-0.1, -0.05) is 110 Å². The van der Waals surface area contributed by atoms with Crippen molar-refractivity contribution in [1.82, 2.24) is 10.2 Å². The third kappa shape index (κ3) is 8.52. The van der Waals surface area contributed by atoms with Crippen LogP contribution in [0.5, 0.6) is 17.2 Å². The van der Waals surface area contributed by atoms with Gasteiger partial charge in [-0.05, 0) is 65.8 Å². The molecule has 0 amide bonds. The molecule has 1 fully saturated rings. The number of nitrogens with zero attached hydrogens (tertiary/aromatic N) is 2. The Labute approximate surface area is 396 Å². The predicted molar refractivity (Wildman–Crippen MR) is 259 cm³/mol. The van der Waals surface area contributed by atoms with E-state index >= 15 is 0 Å². The Kier molecular flexibility index (Phi) is 13.2. The lowest BCUT2D eigenvalue weighted by molar-refractivity contribution is -0.129. The molecule has 7 N–H and O–H groups in total. The number of hydrogen-bond donors (Lipinski definition) is 6. The Morgan fingerprint density at radius 2 is 1.95 bits per heavy atom. The predicted octanol–water partition coefficient (Wildman–Crippen LogP) is 7.63. The fraction of sp³-hybridized carbons (Fsp3) is 0.547. The van der Waals surface area contributed by atoms with E-state index in [0.29, 0.717) is 55.2 Å². The molecule has 11 nitrogen and oxygen atoms in total. The van der Waals surface area contributed by atoms with Crippen molar-refractivity contribution in [3.05, 3.63) is 87.3 Å². The van der Waals surface area contributed by atoms with Crippen LogP contribution >= 0.6 is 21.6 Å². The van der Waals surface area contributed by atoms with Crippen molar-refractivity contribution in [1.29, 1.82) is 0 Å². The average Bonchev–Trinajstić information content (AvgIpc) is 4.05. The number of fused-ring (bicyclic) bond motifs is 4. The van der Waals surface area contributed by atoms with Gasteiger partial charge in [0.15, 0.2) is 17.7 Å². The van der Waals surface area contributed by atoms with Gasteiger partial charge in [-0.15, -0.1) is 0 Å². The summed E-state index contributed by atoms with van der Waals surface area (Å²) >= 11 is 0. The number of rotatable bonds is 10. The minimum Gasteiger partial charge on any atom is -0.508 e. The van der Waals surface area contributed by atoms with Gasteiger partial charge in [0.1, 0.15) is 23.7 Å². The lowest BCUT2D eigenvalue weighted by atomic mass is 9.73. The maximum atomic E-state index is 14.5. The minimum atomic E-state index is -1.08. The number of aliphatic hydroxyl groups excluding tert-OH is 3. The highest BCUT2D eigenvalue weighted by atomic mass is 33.1. The summed E-state index contributed by atoms with van der Waals surface area (Å²) in [5, 5.41) is 50.8. The summed E-state index contributed by atoms with van der Waals surface area (Å²) in [6.07, 6.45) is 15.3. The number of nitrogens with one attached hydrogen (secondary N) is 1. The highest BCUT2D eigenvalue weighted by Crippen LogP contribution is 2.52.